The van der Waals surface area contributed by atoms with Gasteiger partial charge in [-0.25, -0.2) is 4.79 Å². The standard InChI is InChI=1S/C20H17NO3S/c1-12-8-9-15(10-13(12)2)16-11-25-19(17(16)20(23)24)21-18(22)14-6-4-3-5-7-14/h3-11H,1-2H3,(H,21,22)(H,23,24). The summed E-state index contributed by atoms with van der Waals surface area (Å²) in [5.41, 5.74) is 4.29. The molecular weight excluding hydrogens is 334 g/mol. The molecule has 3 aromatic rings. The summed E-state index contributed by atoms with van der Waals surface area (Å²) in [4.78, 5) is 24.1. The third-order valence-corrected chi connectivity index (χ3v) is 4.98. The van der Waals surface area contributed by atoms with Crippen molar-refractivity contribution >= 4 is 28.2 Å². The van der Waals surface area contributed by atoms with Gasteiger partial charge in [-0.05, 0) is 42.7 Å². The highest BCUT2D eigenvalue weighted by Crippen LogP contribution is 2.36. The van der Waals surface area contributed by atoms with E-state index in [0.29, 0.717) is 16.1 Å². The smallest absolute Gasteiger partial charge is 0.339 e. The number of carbonyl (C=O) groups is 2. The number of thiophene rings is 1. The lowest BCUT2D eigenvalue weighted by atomic mass is 9.99. The molecule has 4 nitrogen and oxygen atoms in total. The molecule has 2 N–H and O–H groups in total. The molecule has 1 amide bonds. The SMILES string of the molecule is Cc1ccc(-c2csc(NC(=O)c3ccccc3)c2C(=O)O)cc1C. The topological polar surface area (TPSA) is 66.4 Å². The highest BCUT2D eigenvalue weighted by molar-refractivity contribution is 7.15. The predicted octanol–water partition coefficient (Wildman–Crippen LogP) is 4.98. The van der Waals surface area contributed by atoms with Crippen LogP contribution in [0.25, 0.3) is 11.1 Å². The molecule has 0 saturated heterocycles. The third kappa shape index (κ3) is 3.46. The van der Waals surface area contributed by atoms with Crippen molar-refractivity contribution < 1.29 is 14.7 Å². The number of carboxylic acid groups (broad SMARTS) is 1. The molecule has 126 valence electrons. The van der Waals surface area contributed by atoms with Crippen LogP contribution in [0.4, 0.5) is 5.00 Å². The van der Waals surface area contributed by atoms with Crippen LogP contribution in [0.5, 0.6) is 0 Å². The maximum Gasteiger partial charge on any atom is 0.339 e. The lowest BCUT2D eigenvalue weighted by molar-refractivity contribution is 0.0699. The summed E-state index contributed by atoms with van der Waals surface area (Å²) < 4.78 is 0. The summed E-state index contributed by atoms with van der Waals surface area (Å²) in [6.07, 6.45) is 0. The summed E-state index contributed by atoms with van der Waals surface area (Å²) in [6.45, 7) is 4.00. The van der Waals surface area contributed by atoms with Gasteiger partial charge in [-0.2, -0.15) is 0 Å². The fraction of sp³-hybridized carbons (Fsp3) is 0.100. The molecule has 25 heavy (non-hydrogen) atoms. The largest absolute Gasteiger partial charge is 0.478 e. The van der Waals surface area contributed by atoms with Crippen molar-refractivity contribution in [2.45, 2.75) is 13.8 Å². The number of aryl methyl sites for hydroxylation is 2. The second kappa shape index (κ2) is 6.91. The molecule has 1 heterocycles. The zero-order valence-corrected chi connectivity index (χ0v) is 14.7. The van der Waals surface area contributed by atoms with Crippen LogP contribution in [-0.4, -0.2) is 17.0 Å². The zero-order valence-electron chi connectivity index (χ0n) is 13.9. The number of amides is 1. The summed E-state index contributed by atoms with van der Waals surface area (Å²) in [7, 11) is 0. The quantitative estimate of drug-likeness (QED) is 0.696. The molecule has 0 unspecified atom stereocenters. The van der Waals surface area contributed by atoms with Crippen molar-refractivity contribution in [3.05, 3.63) is 76.2 Å². The van der Waals surface area contributed by atoms with E-state index in [0.717, 1.165) is 16.7 Å². The highest BCUT2D eigenvalue weighted by atomic mass is 32.1. The molecule has 1 aromatic heterocycles. The van der Waals surface area contributed by atoms with Gasteiger partial charge in [0.1, 0.15) is 10.6 Å². The van der Waals surface area contributed by atoms with Crippen molar-refractivity contribution in [3.8, 4) is 11.1 Å². The van der Waals surface area contributed by atoms with E-state index >= 15 is 0 Å². The van der Waals surface area contributed by atoms with Gasteiger partial charge < -0.3 is 10.4 Å². The number of hydrogen-bond donors (Lipinski definition) is 2. The number of aromatic carboxylic acids is 1. The van der Waals surface area contributed by atoms with Crippen LogP contribution >= 0.6 is 11.3 Å². The minimum Gasteiger partial charge on any atom is -0.478 e. The first-order chi connectivity index (χ1) is 12.0. The monoisotopic (exact) mass is 351 g/mol. The summed E-state index contributed by atoms with van der Waals surface area (Å²) >= 11 is 1.22. The molecule has 0 atom stereocenters. The Morgan fingerprint density at radius 2 is 1.72 bits per heavy atom. The molecule has 0 saturated carbocycles. The van der Waals surface area contributed by atoms with Crippen LogP contribution in [-0.2, 0) is 0 Å². The predicted molar refractivity (Wildman–Crippen MR) is 101 cm³/mol. The molecule has 0 bridgehead atoms. The normalized spacial score (nSPS) is 10.5. The van der Waals surface area contributed by atoms with Crippen molar-refractivity contribution in [3.63, 3.8) is 0 Å². The zero-order chi connectivity index (χ0) is 18.0. The van der Waals surface area contributed by atoms with Gasteiger partial charge in [0, 0.05) is 16.5 Å². The van der Waals surface area contributed by atoms with E-state index in [1.165, 1.54) is 11.3 Å². The maximum atomic E-state index is 12.3. The number of carbonyl (C=O) groups excluding carboxylic acids is 1. The van der Waals surface area contributed by atoms with E-state index in [9.17, 15) is 14.7 Å². The van der Waals surface area contributed by atoms with Crippen LogP contribution in [0.15, 0.2) is 53.9 Å². The van der Waals surface area contributed by atoms with Gasteiger partial charge in [0.25, 0.3) is 5.91 Å². The van der Waals surface area contributed by atoms with Crippen molar-refractivity contribution in [2.24, 2.45) is 0 Å². The number of anilines is 1. The van der Waals surface area contributed by atoms with Gasteiger partial charge in [0.05, 0.1) is 0 Å². The Morgan fingerprint density at radius 3 is 2.36 bits per heavy atom. The van der Waals surface area contributed by atoms with Crippen molar-refractivity contribution in [1.29, 1.82) is 0 Å². The molecule has 0 aliphatic carbocycles. The molecule has 0 aliphatic heterocycles. The lowest BCUT2D eigenvalue weighted by Gasteiger charge is -2.07. The average molecular weight is 351 g/mol. The van der Waals surface area contributed by atoms with Crippen LogP contribution in [0.2, 0.25) is 0 Å². The summed E-state index contributed by atoms with van der Waals surface area (Å²) in [6, 6.07) is 14.6. The minimum atomic E-state index is -1.06. The van der Waals surface area contributed by atoms with Crippen LogP contribution < -0.4 is 5.32 Å². The fourth-order valence-electron chi connectivity index (χ4n) is 2.55. The molecule has 0 fully saturated rings. The van der Waals surface area contributed by atoms with Gasteiger partial charge in [-0.3, -0.25) is 4.79 Å². The molecular formula is C20H17NO3S. The Morgan fingerprint density at radius 1 is 1.00 bits per heavy atom. The van der Waals surface area contributed by atoms with Gasteiger partial charge in [0.15, 0.2) is 0 Å². The lowest BCUT2D eigenvalue weighted by Crippen LogP contribution is -2.13. The number of carboxylic acids is 1. The first-order valence-electron chi connectivity index (χ1n) is 7.76. The van der Waals surface area contributed by atoms with E-state index in [2.05, 4.69) is 5.32 Å². The Hall–Kier alpha value is -2.92. The molecule has 0 spiro atoms. The summed E-state index contributed by atoms with van der Waals surface area (Å²) in [5.74, 6) is -1.38. The van der Waals surface area contributed by atoms with Gasteiger partial charge in [-0.15, -0.1) is 11.3 Å². The van der Waals surface area contributed by atoms with E-state index in [4.69, 9.17) is 0 Å². The number of hydrogen-bond acceptors (Lipinski definition) is 3. The Labute approximate surface area is 149 Å². The fourth-order valence-corrected chi connectivity index (χ4v) is 3.50. The summed E-state index contributed by atoms with van der Waals surface area (Å²) in [5, 5.41) is 14.5. The van der Waals surface area contributed by atoms with Crippen LogP contribution in [0.1, 0.15) is 31.8 Å². The van der Waals surface area contributed by atoms with Crippen LogP contribution in [0, 0.1) is 13.8 Å². The molecule has 2 aromatic carbocycles. The van der Waals surface area contributed by atoms with Gasteiger partial charge >= 0.3 is 5.97 Å². The van der Waals surface area contributed by atoms with E-state index < -0.39 is 5.97 Å². The number of nitrogens with one attached hydrogen (secondary N) is 1. The van der Waals surface area contributed by atoms with Crippen LogP contribution in [0.3, 0.4) is 0 Å². The molecule has 5 heteroatoms. The van der Waals surface area contributed by atoms with Gasteiger partial charge in [0.2, 0.25) is 0 Å². The van der Waals surface area contributed by atoms with E-state index in [1.54, 1.807) is 29.6 Å². The van der Waals surface area contributed by atoms with Crippen molar-refractivity contribution in [2.75, 3.05) is 5.32 Å². The van der Waals surface area contributed by atoms with E-state index in [-0.39, 0.29) is 11.5 Å². The molecule has 0 aliphatic rings. The highest BCUT2D eigenvalue weighted by Gasteiger charge is 2.21. The first kappa shape index (κ1) is 16.9. The Bertz CT molecular complexity index is 945. The Kier molecular flexibility index (Phi) is 4.67. The second-order valence-electron chi connectivity index (χ2n) is 5.78. The molecule has 3 rings (SSSR count). The molecule has 0 radical (unpaired) electrons. The maximum absolute atomic E-state index is 12.3. The van der Waals surface area contributed by atoms with E-state index in [1.807, 2.05) is 38.1 Å². The number of rotatable bonds is 4. The average Bonchev–Trinajstić information content (AvgIpc) is 3.02. The Balaban J connectivity index is 1.99. The first-order valence-corrected chi connectivity index (χ1v) is 8.64. The van der Waals surface area contributed by atoms with Crippen molar-refractivity contribution in [1.82, 2.24) is 0 Å². The minimum absolute atomic E-state index is 0.123. The number of benzene rings is 2. The second-order valence-corrected chi connectivity index (χ2v) is 6.66. The third-order valence-electron chi connectivity index (χ3n) is 4.09. The van der Waals surface area contributed by atoms with Gasteiger partial charge in [-0.1, -0.05) is 36.4 Å².